The number of carbonyl (C=O) groups excluding carboxylic acids is 1. The molecule has 27 heavy (non-hydrogen) atoms. The van der Waals surface area contributed by atoms with Crippen LogP contribution in [0.15, 0.2) is 54.9 Å². The van der Waals surface area contributed by atoms with Crippen molar-refractivity contribution in [1.82, 2.24) is 20.1 Å². The van der Waals surface area contributed by atoms with E-state index in [1.807, 2.05) is 6.07 Å². The molecule has 1 fully saturated rings. The molecule has 7 heteroatoms. The largest absolute Gasteiger partial charge is 0.383 e. The van der Waals surface area contributed by atoms with E-state index < -0.39 is 11.4 Å². The van der Waals surface area contributed by atoms with Gasteiger partial charge in [-0.25, -0.2) is 4.39 Å². The van der Waals surface area contributed by atoms with Gasteiger partial charge in [0.25, 0.3) is 5.91 Å². The molecule has 3 heterocycles. The molecule has 1 aliphatic rings. The standard InChI is InChI=1S/C20H19FN4O2/c21-16-6-2-1-5-14(16)18-15(13-23-24-18)19(26)25-11-8-20(27,9-12-25)17-7-3-4-10-22-17/h1-7,10,13,27H,8-9,11-12H2,(H,23,24). The zero-order chi connectivity index (χ0) is 18.9. The summed E-state index contributed by atoms with van der Waals surface area (Å²) in [5, 5.41) is 17.5. The molecule has 4 rings (SSSR count). The van der Waals surface area contributed by atoms with E-state index in [1.165, 1.54) is 12.3 Å². The number of piperidine rings is 1. The monoisotopic (exact) mass is 366 g/mol. The second kappa shape index (κ2) is 6.92. The number of hydrogen-bond acceptors (Lipinski definition) is 4. The van der Waals surface area contributed by atoms with Gasteiger partial charge in [0.1, 0.15) is 11.4 Å². The molecule has 0 atom stereocenters. The zero-order valence-electron chi connectivity index (χ0n) is 14.6. The minimum absolute atomic E-state index is 0.231. The van der Waals surface area contributed by atoms with Crippen molar-refractivity contribution in [3.05, 3.63) is 71.9 Å². The molecule has 1 amide bonds. The predicted molar refractivity (Wildman–Crippen MR) is 97.3 cm³/mol. The maximum atomic E-state index is 14.1. The van der Waals surface area contributed by atoms with Gasteiger partial charge < -0.3 is 10.0 Å². The zero-order valence-corrected chi connectivity index (χ0v) is 14.6. The Morgan fingerprint density at radius 2 is 1.89 bits per heavy atom. The van der Waals surface area contributed by atoms with Gasteiger partial charge in [-0.2, -0.15) is 5.10 Å². The molecule has 0 radical (unpaired) electrons. The first-order valence-corrected chi connectivity index (χ1v) is 8.80. The number of likely N-dealkylation sites (tertiary alicyclic amines) is 1. The van der Waals surface area contributed by atoms with E-state index >= 15 is 0 Å². The highest BCUT2D eigenvalue weighted by Gasteiger charge is 2.37. The van der Waals surface area contributed by atoms with Crippen molar-refractivity contribution in [1.29, 1.82) is 0 Å². The second-order valence-corrected chi connectivity index (χ2v) is 6.68. The van der Waals surface area contributed by atoms with Crippen molar-refractivity contribution < 1.29 is 14.3 Å². The van der Waals surface area contributed by atoms with E-state index in [9.17, 15) is 14.3 Å². The summed E-state index contributed by atoms with van der Waals surface area (Å²) >= 11 is 0. The topological polar surface area (TPSA) is 82.1 Å². The Balaban J connectivity index is 1.53. The number of aromatic nitrogens is 3. The van der Waals surface area contributed by atoms with Crippen LogP contribution in [0.25, 0.3) is 11.3 Å². The summed E-state index contributed by atoms with van der Waals surface area (Å²) in [7, 11) is 0. The summed E-state index contributed by atoms with van der Waals surface area (Å²) in [6.07, 6.45) is 3.85. The third kappa shape index (κ3) is 3.21. The fourth-order valence-electron chi connectivity index (χ4n) is 3.46. The Morgan fingerprint density at radius 1 is 1.15 bits per heavy atom. The van der Waals surface area contributed by atoms with E-state index in [4.69, 9.17) is 0 Å². The van der Waals surface area contributed by atoms with Crippen LogP contribution in [0.5, 0.6) is 0 Å². The minimum atomic E-state index is -1.04. The number of nitrogens with zero attached hydrogens (tertiary/aromatic N) is 3. The number of pyridine rings is 1. The predicted octanol–water partition coefficient (Wildman–Crippen LogP) is 2.73. The second-order valence-electron chi connectivity index (χ2n) is 6.68. The van der Waals surface area contributed by atoms with Crippen LogP contribution in [-0.2, 0) is 5.60 Å². The first-order chi connectivity index (χ1) is 13.1. The van der Waals surface area contributed by atoms with Gasteiger partial charge in [0, 0.05) is 24.8 Å². The van der Waals surface area contributed by atoms with Gasteiger partial charge in [-0.3, -0.25) is 14.9 Å². The normalized spacial score (nSPS) is 16.3. The minimum Gasteiger partial charge on any atom is -0.383 e. The molecular formula is C20H19FN4O2. The third-order valence-corrected chi connectivity index (χ3v) is 5.03. The van der Waals surface area contributed by atoms with Gasteiger partial charge in [0.15, 0.2) is 0 Å². The van der Waals surface area contributed by atoms with Gasteiger partial charge in [0.05, 0.1) is 23.1 Å². The Bertz CT molecular complexity index is 949. The quantitative estimate of drug-likeness (QED) is 0.747. The molecule has 0 aliphatic carbocycles. The number of H-pyrrole nitrogens is 1. The summed E-state index contributed by atoms with van der Waals surface area (Å²) in [5.41, 5.74) is 0.572. The smallest absolute Gasteiger partial charge is 0.257 e. The van der Waals surface area contributed by atoms with E-state index in [2.05, 4.69) is 15.2 Å². The lowest BCUT2D eigenvalue weighted by atomic mass is 9.87. The van der Waals surface area contributed by atoms with Gasteiger partial charge in [0.2, 0.25) is 0 Å². The van der Waals surface area contributed by atoms with Gasteiger partial charge in [-0.15, -0.1) is 0 Å². The molecule has 0 saturated carbocycles. The van der Waals surface area contributed by atoms with Crippen LogP contribution in [0.4, 0.5) is 4.39 Å². The Morgan fingerprint density at radius 3 is 2.59 bits per heavy atom. The van der Waals surface area contributed by atoms with E-state index in [0.29, 0.717) is 48.4 Å². The van der Waals surface area contributed by atoms with Crippen molar-refractivity contribution in [2.75, 3.05) is 13.1 Å². The van der Waals surface area contributed by atoms with Crippen molar-refractivity contribution >= 4 is 5.91 Å². The van der Waals surface area contributed by atoms with Crippen LogP contribution >= 0.6 is 0 Å². The molecule has 1 aliphatic heterocycles. The van der Waals surface area contributed by atoms with Crippen molar-refractivity contribution in [2.45, 2.75) is 18.4 Å². The third-order valence-electron chi connectivity index (χ3n) is 5.03. The van der Waals surface area contributed by atoms with Crippen molar-refractivity contribution in [2.24, 2.45) is 0 Å². The van der Waals surface area contributed by atoms with Crippen LogP contribution in [-0.4, -0.2) is 44.2 Å². The maximum absolute atomic E-state index is 14.1. The summed E-state index contributed by atoms with van der Waals surface area (Å²) in [4.78, 5) is 18.9. The summed E-state index contributed by atoms with van der Waals surface area (Å²) in [6.45, 7) is 0.765. The SMILES string of the molecule is O=C(c1cn[nH]c1-c1ccccc1F)N1CCC(O)(c2ccccn2)CC1. The highest BCUT2D eigenvalue weighted by molar-refractivity contribution is 5.99. The molecule has 1 saturated heterocycles. The highest BCUT2D eigenvalue weighted by Crippen LogP contribution is 2.33. The van der Waals surface area contributed by atoms with Gasteiger partial charge in [-0.05, 0) is 37.1 Å². The van der Waals surface area contributed by atoms with Crippen LogP contribution in [0.3, 0.4) is 0 Å². The van der Waals surface area contributed by atoms with E-state index in [1.54, 1.807) is 41.4 Å². The molecule has 2 N–H and O–H groups in total. The summed E-state index contributed by atoms with van der Waals surface area (Å²) in [6, 6.07) is 11.7. The lowest BCUT2D eigenvalue weighted by Crippen LogP contribution is -2.45. The number of rotatable bonds is 3. The fourth-order valence-corrected chi connectivity index (χ4v) is 3.46. The number of carbonyl (C=O) groups is 1. The number of benzene rings is 1. The average Bonchev–Trinajstić information content (AvgIpc) is 3.19. The lowest BCUT2D eigenvalue weighted by molar-refractivity contribution is -0.0243. The molecule has 138 valence electrons. The molecular weight excluding hydrogens is 347 g/mol. The Kier molecular flexibility index (Phi) is 4.45. The van der Waals surface area contributed by atoms with Crippen LogP contribution in [0.1, 0.15) is 28.9 Å². The van der Waals surface area contributed by atoms with Crippen LogP contribution in [0.2, 0.25) is 0 Å². The first kappa shape index (κ1) is 17.4. The number of aliphatic hydroxyl groups is 1. The van der Waals surface area contributed by atoms with Crippen molar-refractivity contribution in [3.63, 3.8) is 0 Å². The molecule has 0 spiro atoms. The average molecular weight is 366 g/mol. The highest BCUT2D eigenvalue weighted by atomic mass is 19.1. The molecule has 0 bridgehead atoms. The molecule has 2 aromatic heterocycles. The first-order valence-electron chi connectivity index (χ1n) is 8.80. The van der Waals surface area contributed by atoms with E-state index in [-0.39, 0.29) is 5.91 Å². The Hall–Kier alpha value is -3.06. The number of amides is 1. The number of hydrogen-bond donors (Lipinski definition) is 2. The van der Waals surface area contributed by atoms with E-state index in [0.717, 1.165) is 0 Å². The van der Waals surface area contributed by atoms with Crippen LogP contribution < -0.4 is 0 Å². The molecule has 3 aromatic rings. The van der Waals surface area contributed by atoms with Gasteiger partial charge >= 0.3 is 0 Å². The molecule has 0 unspecified atom stereocenters. The molecule has 1 aromatic carbocycles. The number of nitrogens with one attached hydrogen (secondary N) is 1. The van der Waals surface area contributed by atoms with Crippen LogP contribution in [0, 0.1) is 5.82 Å². The fraction of sp³-hybridized carbons (Fsp3) is 0.250. The van der Waals surface area contributed by atoms with Gasteiger partial charge in [-0.1, -0.05) is 18.2 Å². The lowest BCUT2D eigenvalue weighted by Gasteiger charge is -2.37. The van der Waals surface area contributed by atoms with Crippen molar-refractivity contribution in [3.8, 4) is 11.3 Å². The number of halogens is 1. The number of aromatic amines is 1. The maximum Gasteiger partial charge on any atom is 0.257 e. The Labute approximate surface area is 155 Å². The summed E-state index contributed by atoms with van der Waals surface area (Å²) < 4.78 is 14.1. The molecule has 6 nitrogen and oxygen atoms in total. The summed E-state index contributed by atoms with van der Waals surface area (Å²) in [5.74, 6) is -0.649.